The molecule has 156 valence electrons. The van der Waals surface area contributed by atoms with Crippen LogP contribution in [0.3, 0.4) is 0 Å². The lowest BCUT2D eigenvalue weighted by Crippen LogP contribution is -2.31. The third-order valence-corrected chi connectivity index (χ3v) is 6.77. The molecule has 0 bridgehead atoms. The van der Waals surface area contributed by atoms with E-state index in [2.05, 4.69) is 5.32 Å². The summed E-state index contributed by atoms with van der Waals surface area (Å²) >= 11 is 5.85. The van der Waals surface area contributed by atoms with E-state index in [1.807, 2.05) is 0 Å². The molecular weight excluding hydrogens is 416 g/mol. The van der Waals surface area contributed by atoms with Gasteiger partial charge in [0.2, 0.25) is 10.0 Å². The average molecular weight is 439 g/mol. The fourth-order valence-electron chi connectivity index (χ4n) is 3.03. The van der Waals surface area contributed by atoms with E-state index in [1.165, 1.54) is 29.6 Å². The molecule has 1 aliphatic heterocycles. The molecule has 1 atom stereocenters. The number of nitrogens with zero attached hydrogens (tertiary/aromatic N) is 1. The lowest BCUT2D eigenvalue weighted by molar-refractivity contribution is -0.122. The number of carbonyl (C=O) groups excluding carboxylic acids is 1. The smallest absolute Gasteiger partial charge is 0.265 e. The van der Waals surface area contributed by atoms with E-state index in [0.717, 1.165) is 12.8 Å². The Bertz CT molecular complexity index is 973. The molecule has 1 N–H and O–H groups in total. The van der Waals surface area contributed by atoms with E-state index in [9.17, 15) is 13.2 Å². The largest absolute Gasteiger partial charge is 0.495 e. The Balaban J connectivity index is 1.78. The van der Waals surface area contributed by atoms with Gasteiger partial charge in [-0.1, -0.05) is 11.6 Å². The number of methoxy groups -OCH3 is 1. The number of rotatable bonds is 7. The van der Waals surface area contributed by atoms with E-state index in [4.69, 9.17) is 21.1 Å². The Morgan fingerprint density at radius 3 is 2.41 bits per heavy atom. The number of hydrogen-bond donors (Lipinski definition) is 1. The van der Waals surface area contributed by atoms with Gasteiger partial charge in [-0.2, -0.15) is 4.31 Å². The second-order valence-corrected chi connectivity index (χ2v) is 9.05. The van der Waals surface area contributed by atoms with Crippen molar-refractivity contribution in [1.82, 2.24) is 4.31 Å². The second-order valence-electron chi connectivity index (χ2n) is 6.68. The van der Waals surface area contributed by atoms with Crippen molar-refractivity contribution in [1.29, 1.82) is 0 Å². The Hall–Kier alpha value is -2.29. The molecule has 0 spiro atoms. The van der Waals surface area contributed by atoms with Gasteiger partial charge in [-0.05, 0) is 62.2 Å². The highest BCUT2D eigenvalue weighted by atomic mass is 35.5. The average Bonchev–Trinajstić information content (AvgIpc) is 3.25. The third-order valence-electron chi connectivity index (χ3n) is 4.63. The summed E-state index contributed by atoms with van der Waals surface area (Å²) in [6, 6.07) is 11.1. The summed E-state index contributed by atoms with van der Waals surface area (Å²) in [5.74, 6) is 0.417. The zero-order chi connectivity index (χ0) is 21.0. The minimum Gasteiger partial charge on any atom is -0.495 e. The molecule has 0 aromatic heterocycles. The molecule has 9 heteroatoms. The van der Waals surface area contributed by atoms with Crippen LogP contribution < -0.4 is 14.8 Å². The Kier molecular flexibility index (Phi) is 6.66. The van der Waals surface area contributed by atoms with Crippen LogP contribution in [-0.4, -0.2) is 44.9 Å². The summed E-state index contributed by atoms with van der Waals surface area (Å²) in [5, 5.41) is 3.26. The van der Waals surface area contributed by atoms with Gasteiger partial charge in [-0.25, -0.2) is 8.42 Å². The number of halogens is 1. The van der Waals surface area contributed by atoms with Crippen LogP contribution >= 0.6 is 11.6 Å². The van der Waals surface area contributed by atoms with Crippen LogP contribution in [0.25, 0.3) is 0 Å². The number of sulfonamides is 1. The van der Waals surface area contributed by atoms with Crippen LogP contribution in [0.15, 0.2) is 47.4 Å². The van der Waals surface area contributed by atoms with Crippen LogP contribution in [0.5, 0.6) is 11.5 Å². The van der Waals surface area contributed by atoms with Gasteiger partial charge in [0.25, 0.3) is 5.91 Å². The van der Waals surface area contributed by atoms with Crippen molar-refractivity contribution in [2.45, 2.75) is 30.8 Å². The maximum absolute atomic E-state index is 12.8. The molecule has 1 heterocycles. The van der Waals surface area contributed by atoms with Gasteiger partial charge in [0.15, 0.2) is 6.10 Å². The molecule has 0 aliphatic carbocycles. The standard InChI is InChI=1S/C20H23ClN2O5S/c1-14(28-16-7-5-15(21)6-8-16)20(24)22-18-13-17(9-10-19(18)27-2)29(25,26)23-11-3-4-12-23/h5-10,13-14H,3-4,11-12H2,1-2H3,(H,22,24). The summed E-state index contributed by atoms with van der Waals surface area (Å²) in [6.07, 6.45) is 0.872. The fraction of sp³-hybridized carbons (Fsp3) is 0.350. The number of nitrogens with one attached hydrogen (secondary N) is 1. The maximum atomic E-state index is 12.8. The Labute approximate surface area is 175 Å². The van der Waals surface area contributed by atoms with Crippen molar-refractivity contribution in [2.24, 2.45) is 0 Å². The van der Waals surface area contributed by atoms with Gasteiger partial charge in [0.1, 0.15) is 11.5 Å². The molecule has 3 rings (SSSR count). The normalized spacial score (nSPS) is 15.7. The van der Waals surface area contributed by atoms with Crippen molar-refractivity contribution in [3.63, 3.8) is 0 Å². The van der Waals surface area contributed by atoms with E-state index < -0.39 is 22.0 Å². The molecule has 0 saturated carbocycles. The summed E-state index contributed by atoms with van der Waals surface area (Å²) < 4.78 is 38.0. The minimum atomic E-state index is -3.61. The summed E-state index contributed by atoms with van der Waals surface area (Å²) in [7, 11) is -2.16. The van der Waals surface area contributed by atoms with Gasteiger partial charge < -0.3 is 14.8 Å². The molecule has 0 radical (unpaired) electrons. The second kappa shape index (κ2) is 9.02. The molecule has 1 aliphatic rings. The zero-order valence-corrected chi connectivity index (χ0v) is 17.8. The summed E-state index contributed by atoms with van der Waals surface area (Å²) in [4.78, 5) is 12.7. The van der Waals surface area contributed by atoms with Crippen molar-refractivity contribution in [3.05, 3.63) is 47.5 Å². The molecule has 1 fully saturated rings. The summed E-state index contributed by atoms with van der Waals surface area (Å²) in [6.45, 7) is 2.60. The first-order valence-corrected chi connectivity index (χ1v) is 11.0. The molecule has 1 amide bonds. The molecule has 2 aromatic carbocycles. The minimum absolute atomic E-state index is 0.113. The topological polar surface area (TPSA) is 84.9 Å². The van der Waals surface area contributed by atoms with Crippen molar-refractivity contribution >= 4 is 33.2 Å². The van der Waals surface area contributed by atoms with Gasteiger partial charge >= 0.3 is 0 Å². The van der Waals surface area contributed by atoms with Crippen LogP contribution in [0.1, 0.15) is 19.8 Å². The van der Waals surface area contributed by atoms with E-state index in [0.29, 0.717) is 29.6 Å². The zero-order valence-electron chi connectivity index (χ0n) is 16.2. The van der Waals surface area contributed by atoms with Crippen LogP contribution in [-0.2, 0) is 14.8 Å². The molecule has 1 saturated heterocycles. The van der Waals surface area contributed by atoms with Gasteiger partial charge in [0, 0.05) is 18.1 Å². The number of hydrogen-bond acceptors (Lipinski definition) is 5. The van der Waals surface area contributed by atoms with E-state index in [1.54, 1.807) is 31.2 Å². The SMILES string of the molecule is COc1ccc(S(=O)(=O)N2CCCC2)cc1NC(=O)C(C)Oc1ccc(Cl)cc1. The fourth-order valence-corrected chi connectivity index (χ4v) is 4.70. The lowest BCUT2D eigenvalue weighted by Gasteiger charge is -2.19. The number of benzene rings is 2. The molecule has 2 aromatic rings. The number of anilines is 1. The van der Waals surface area contributed by atoms with Gasteiger partial charge in [-0.15, -0.1) is 0 Å². The third kappa shape index (κ3) is 5.01. The highest BCUT2D eigenvalue weighted by Gasteiger charge is 2.28. The van der Waals surface area contributed by atoms with E-state index in [-0.39, 0.29) is 10.6 Å². The van der Waals surface area contributed by atoms with Crippen molar-refractivity contribution < 1.29 is 22.7 Å². The molecular formula is C20H23ClN2O5S. The van der Waals surface area contributed by atoms with Crippen molar-refractivity contribution in [3.8, 4) is 11.5 Å². The molecule has 29 heavy (non-hydrogen) atoms. The van der Waals surface area contributed by atoms with Gasteiger partial charge in [-0.3, -0.25) is 4.79 Å². The van der Waals surface area contributed by atoms with Crippen LogP contribution in [0.2, 0.25) is 5.02 Å². The number of carbonyl (C=O) groups is 1. The highest BCUT2D eigenvalue weighted by Crippen LogP contribution is 2.30. The van der Waals surface area contributed by atoms with E-state index >= 15 is 0 Å². The Morgan fingerprint density at radius 2 is 1.79 bits per heavy atom. The first-order chi connectivity index (χ1) is 13.8. The first kappa shape index (κ1) is 21.4. The highest BCUT2D eigenvalue weighted by molar-refractivity contribution is 7.89. The summed E-state index contributed by atoms with van der Waals surface area (Å²) in [5.41, 5.74) is 0.268. The quantitative estimate of drug-likeness (QED) is 0.714. The maximum Gasteiger partial charge on any atom is 0.265 e. The monoisotopic (exact) mass is 438 g/mol. The predicted octanol–water partition coefficient (Wildman–Crippen LogP) is 3.54. The van der Waals surface area contributed by atoms with Crippen molar-refractivity contribution in [2.75, 3.05) is 25.5 Å². The van der Waals surface area contributed by atoms with Crippen LogP contribution in [0, 0.1) is 0 Å². The molecule has 7 nitrogen and oxygen atoms in total. The van der Waals surface area contributed by atoms with Crippen LogP contribution in [0.4, 0.5) is 5.69 Å². The molecule has 1 unspecified atom stereocenters. The number of ether oxygens (including phenoxy) is 2. The van der Waals surface area contributed by atoms with Gasteiger partial charge in [0.05, 0.1) is 17.7 Å². The Morgan fingerprint density at radius 1 is 1.14 bits per heavy atom. The lowest BCUT2D eigenvalue weighted by atomic mass is 10.2. The number of amides is 1. The predicted molar refractivity (Wildman–Crippen MR) is 111 cm³/mol. The first-order valence-electron chi connectivity index (χ1n) is 9.22.